The van der Waals surface area contributed by atoms with Crippen molar-refractivity contribution in [2.45, 2.75) is 13.8 Å². The first-order valence-corrected chi connectivity index (χ1v) is 13.0. The summed E-state index contributed by atoms with van der Waals surface area (Å²) >= 11 is 0. The first-order chi connectivity index (χ1) is 19.6. The van der Waals surface area contributed by atoms with Crippen molar-refractivity contribution in [2.24, 2.45) is 0 Å². The summed E-state index contributed by atoms with van der Waals surface area (Å²) in [6.45, 7) is 4.05. The van der Waals surface area contributed by atoms with Crippen molar-refractivity contribution in [1.82, 2.24) is 9.97 Å². The van der Waals surface area contributed by atoms with Crippen molar-refractivity contribution < 1.29 is 28.9 Å². The zero-order valence-corrected chi connectivity index (χ0v) is 24.9. The van der Waals surface area contributed by atoms with Gasteiger partial charge in [0, 0.05) is 37.9 Å². The Labute approximate surface area is 252 Å². The van der Waals surface area contributed by atoms with E-state index in [9.17, 15) is 4.39 Å². The van der Waals surface area contributed by atoms with Gasteiger partial charge in [-0.25, -0.2) is 4.39 Å². The largest absolute Gasteiger partial charge is 0.500 e. The van der Waals surface area contributed by atoms with Crippen molar-refractivity contribution in [3.05, 3.63) is 145 Å². The van der Waals surface area contributed by atoms with Crippen LogP contribution in [0.4, 0.5) is 4.39 Å². The van der Waals surface area contributed by atoms with Gasteiger partial charge in [0.25, 0.3) is 0 Å². The van der Waals surface area contributed by atoms with Gasteiger partial charge in [-0.2, -0.15) is 0 Å². The van der Waals surface area contributed by atoms with Gasteiger partial charge in [0.1, 0.15) is 11.4 Å². The van der Waals surface area contributed by atoms with Crippen molar-refractivity contribution in [3.8, 4) is 33.6 Å². The van der Waals surface area contributed by atoms with Crippen LogP contribution in [0, 0.1) is 31.8 Å². The summed E-state index contributed by atoms with van der Waals surface area (Å²) in [4.78, 5) is 8.75. The standard InChI is InChI=1S/C24H15FNO.C12H10N.Ir/c1-15-10-13-21(26-14-15)19-9-5-8-17-18-11-12-20(25)22(24(18)27-23(17)19)16-6-3-2-4-7-16;1-10-5-7-11(8-6-10)12-4-2-3-9-13-12;/h2-8,10-14H,1H3;2-7,9H,1H3;/q2*-1;. The van der Waals surface area contributed by atoms with Crippen LogP contribution in [0.1, 0.15) is 11.1 Å². The Hall–Kier alpha value is -4.44. The minimum absolute atomic E-state index is 0. The quantitative estimate of drug-likeness (QED) is 0.172. The SMILES string of the molecule is Cc1c[c-]c(-c2ccccn2)cc1.Cc1ccc(-c2[c-]ccc3c2oc2c(-c4ccccc4)c(F)ccc23)nc1.[Ir]. The molecule has 4 aromatic carbocycles. The van der Waals surface area contributed by atoms with Gasteiger partial charge in [-0.1, -0.05) is 72.5 Å². The number of halogens is 1. The maximum Gasteiger partial charge on any atom is 0.134 e. The van der Waals surface area contributed by atoms with Gasteiger partial charge in [-0.15, -0.1) is 53.6 Å². The van der Waals surface area contributed by atoms with E-state index in [2.05, 4.69) is 35.1 Å². The van der Waals surface area contributed by atoms with E-state index in [1.165, 1.54) is 11.6 Å². The maximum atomic E-state index is 14.7. The van der Waals surface area contributed by atoms with Gasteiger partial charge in [-0.05, 0) is 47.6 Å². The number of benzene rings is 4. The van der Waals surface area contributed by atoms with Crippen LogP contribution >= 0.6 is 0 Å². The molecule has 7 aromatic rings. The number of hydrogen-bond acceptors (Lipinski definition) is 3. The Morgan fingerprint density at radius 3 is 2.17 bits per heavy atom. The van der Waals surface area contributed by atoms with Crippen LogP contribution < -0.4 is 0 Å². The number of furan rings is 1. The Bertz CT molecular complexity index is 1900. The Kier molecular flexibility index (Phi) is 8.49. The predicted octanol–water partition coefficient (Wildman–Crippen LogP) is 9.42. The Morgan fingerprint density at radius 1 is 0.683 bits per heavy atom. The smallest absolute Gasteiger partial charge is 0.134 e. The molecule has 1 radical (unpaired) electrons. The Balaban J connectivity index is 0.000000204. The minimum Gasteiger partial charge on any atom is -0.500 e. The van der Waals surface area contributed by atoms with Gasteiger partial charge < -0.3 is 14.4 Å². The van der Waals surface area contributed by atoms with Gasteiger partial charge >= 0.3 is 0 Å². The number of nitrogens with zero attached hydrogens (tertiary/aromatic N) is 2. The fraction of sp³-hybridized carbons (Fsp3) is 0.0556. The third kappa shape index (κ3) is 5.88. The third-order valence-corrected chi connectivity index (χ3v) is 6.69. The second kappa shape index (κ2) is 12.4. The molecule has 0 aliphatic carbocycles. The van der Waals surface area contributed by atoms with E-state index in [-0.39, 0.29) is 25.9 Å². The van der Waals surface area contributed by atoms with Gasteiger partial charge in [0.2, 0.25) is 0 Å². The molecular weight excluding hydrogens is 688 g/mol. The average molecular weight is 713 g/mol. The molecule has 0 aliphatic rings. The molecule has 3 heterocycles. The summed E-state index contributed by atoms with van der Waals surface area (Å²) in [5.74, 6) is -0.299. The van der Waals surface area contributed by atoms with Crippen molar-refractivity contribution in [1.29, 1.82) is 0 Å². The van der Waals surface area contributed by atoms with Crippen LogP contribution in [0.15, 0.2) is 120 Å². The molecule has 0 N–H and O–H groups in total. The fourth-order valence-corrected chi connectivity index (χ4v) is 4.64. The van der Waals surface area contributed by atoms with Crippen molar-refractivity contribution >= 4 is 21.9 Å². The van der Waals surface area contributed by atoms with E-state index >= 15 is 0 Å². The summed E-state index contributed by atoms with van der Waals surface area (Å²) in [5.41, 5.74) is 8.38. The van der Waals surface area contributed by atoms with Gasteiger partial charge in [0.15, 0.2) is 0 Å². The van der Waals surface area contributed by atoms with Gasteiger partial charge in [0.05, 0.1) is 11.1 Å². The first-order valence-electron chi connectivity index (χ1n) is 13.0. The summed E-state index contributed by atoms with van der Waals surface area (Å²) in [5, 5.41) is 1.81. The van der Waals surface area contributed by atoms with E-state index < -0.39 is 0 Å². The number of pyridine rings is 2. The molecule has 3 nitrogen and oxygen atoms in total. The fourth-order valence-electron chi connectivity index (χ4n) is 4.64. The van der Waals surface area contributed by atoms with E-state index in [0.717, 1.165) is 44.4 Å². The van der Waals surface area contributed by atoms with E-state index in [0.29, 0.717) is 16.7 Å². The number of aryl methyl sites for hydroxylation is 2. The van der Waals surface area contributed by atoms with Crippen LogP contribution in [0.3, 0.4) is 0 Å². The summed E-state index contributed by atoms with van der Waals surface area (Å²) in [7, 11) is 0. The van der Waals surface area contributed by atoms with Crippen molar-refractivity contribution in [3.63, 3.8) is 0 Å². The molecule has 0 unspecified atom stereocenters. The summed E-state index contributed by atoms with van der Waals surface area (Å²) in [6, 6.07) is 38.9. The molecule has 0 amide bonds. The number of fused-ring (bicyclic) bond motifs is 3. The topological polar surface area (TPSA) is 38.9 Å². The zero-order chi connectivity index (χ0) is 27.5. The number of hydrogen-bond donors (Lipinski definition) is 0. The van der Waals surface area contributed by atoms with Crippen LogP contribution in [0.5, 0.6) is 0 Å². The van der Waals surface area contributed by atoms with Gasteiger partial charge in [-0.3, -0.25) is 0 Å². The van der Waals surface area contributed by atoms with Crippen LogP contribution in [-0.2, 0) is 20.1 Å². The van der Waals surface area contributed by atoms with E-state index in [4.69, 9.17) is 4.42 Å². The molecule has 0 saturated heterocycles. The molecule has 203 valence electrons. The molecule has 0 saturated carbocycles. The monoisotopic (exact) mass is 713 g/mol. The number of aromatic nitrogens is 2. The maximum absolute atomic E-state index is 14.7. The normalized spacial score (nSPS) is 10.6. The molecule has 0 atom stereocenters. The molecule has 0 spiro atoms. The van der Waals surface area contributed by atoms with Crippen LogP contribution in [0.25, 0.3) is 55.6 Å². The predicted molar refractivity (Wildman–Crippen MR) is 159 cm³/mol. The molecule has 0 aliphatic heterocycles. The molecule has 3 aromatic heterocycles. The van der Waals surface area contributed by atoms with Crippen molar-refractivity contribution in [2.75, 3.05) is 0 Å². The third-order valence-electron chi connectivity index (χ3n) is 6.69. The molecule has 5 heteroatoms. The molecular formula is C36H25FIrN2O-2. The summed E-state index contributed by atoms with van der Waals surface area (Å²) in [6.07, 6.45) is 3.61. The van der Waals surface area contributed by atoms with Crippen LogP contribution in [-0.4, -0.2) is 9.97 Å². The second-order valence-corrected chi connectivity index (χ2v) is 9.58. The van der Waals surface area contributed by atoms with E-state index in [1.54, 1.807) is 12.3 Å². The minimum atomic E-state index is -0.299. The van der Waals surface area contributed by atoms with E-state index in [1.807, 2.05) is 98.0 Å². The van der Waals surface area contributed by atoms with Crippen LogP contribution in [0.2, 0.25) is 0 Å². The first kappa shape index (κ1) is 28.1. The number of rotatable bonds is 3. The Morgan fingerprint density at radius 2 is 1.46 bits per heavy atom. The summed E-state index contributed by atoms with van der Waals surface area (Å²) < 4.78 is 20.9. The zero-order valence-electron chi connectivity index (χ0n) is 22.5. The molecule has 0 bridgehead atoms. The average Bonchev–Trinajstić information content (AvgIpc) is 3.38. The molecule has 7 rings (SSSR count). The molecule has 0 fully saturated rings. The second-order valence-electron chi connectivity index (χ2n) is 9.58. The molecule has 41 heavy (non-hydrogen) atoms.